The second-order valence-electron chi connectivity index (χ2n) is 6.54. The van der Waals surface area contributed by atoms with Gasteiger partial charge in [0.2, 0.25) is 6.08 Å². The molecule has 1 spiro atoms. The van der Waals surface area contributed by atoms with Crippen LogP contribution in [0.4, 0.5) is 13.6 Å². The van der Waals surface area contributed by atoms with Crippen LogP contribution in [-0.4, -0.2) is 53.0 Å². The molecule has 1 aliphatic carbocycles. The molecule has 2 aliphatic rings. The van der Waals surface area contributed by atoms with Crippen LogP contribution in [0.3, 0.4) is 0 Å². The van der Waals surface area contributed by atoms with Gasteiger partial charge in [-0.25, -0.2) is 23.4 Å². The van der Waals surface area contributed by atoms with Crippen molar-refractivity contribution >= 4 is 12.2 Å². The molecule has 0 aromatic heterocycles. The van der Waals surface area contributed by atoms with E-state index in [2.05, 4.69) is 9.73 Å². The number of rotatable bonds is 3. The highest BCUT2D eigenvalue weighted by atomic mass is 19.3. The number of isocyanates is 1. The molecule has 1 saturated carbocycles. The lowest BCUT2D eigenvalue weighted by Gasteiger charge is -2.38. The quantitative estimate of drug-likeness (QED) is 0.372. The second kappa shape index (κ2) is 5.35. The Kier molecular flexibility index (Phi) is 4.04. The Balaban J connectivity index is 2.04. The minimum absolute atomic E-state index is 0.139. The SMILES string of the molecule is CC1(C)CC(N=C=O)CC2(CN2C(=O)OC(O)C(F)F)C1. The van der Waals surface area contributed by atoms with Gasteiger partial charge in [-0.1, -0.05) is 13.8 Å². The van der Waals surface area contributed by atoms with E-state index < -0.39 is 24.3 Å². The van der Waals surface area contributed by atoms with Crippen molar-refractivity contribution in [1.82, 2.24) is 4.90 Å². The second-order valence-corrected chi connectivity index (χ2v) is 6.54. The fourth-order valence-corrected chi connectivity index (χ4v) is 3.41. The number of carbonyl (C=O) groups is 1. The van der Waals surface area contributed by atoms with Gasteiger partial charge in [0.25, 0.3) is 12.7 Å². The van der Waals surface area contributed by atoms with Crippen molar-refractivity contribution in [3.05, 3.63) is 0 Å². The fraction of sp³-hybridized carbons (Fsp3) is 0.846. The zero-order valence-corrected chi connectivity index (χ0v) is 11.9. The van der Waals surface area contributed by atoms with Crippen LogP contribution < -0.4 is 0 Å². The lowest BCUT2D eigenvalue weighted by molar-refractivity contribution is -0.144. The van der Waals surface area contributed by atoms with Gasteiger partial charge in [-0.15, -0.1) is 0 Å². The molecule has 2 rings (SSSR count). The molecule has 0 aromatic carbocycles. The van der Waals surface area contributed by atoms with E-state index in [1.165, 1.54) is 11.0 Å². The van der Waals surface area contributed by atoms with Crippen LogP contribution in [0, 0.1) is 5.41 Å². The highest BCUT2D eigenvalue weighted by Gasteiger charge is 2.61. The van der Waals surface area contributed by atoms with E-state index in [1.807, 2.05) is 13.8 Å². The first-order valence-electron chi connectivity index (χ1n) is 6.71. The number of aliphatic hydroxyl groups excluding tert-OH is 1. The van der Waals surface area contributed by atoms with Crippen molar-refractivity contribution in [3.63, 3.8) is 0 Å². The lowest BCUT2D eigenvalue weighted by Crippen LogP contribution is -2.40. The average Bonchev–Trinajstić information content (AvgIpc) is 2.99. The van der Waals surface area contributed by atoms with Gasteiger partial charge in [0.15, 0.2) is 0 Å². The Bertz CT molecular complexity index is 479. The third-order valence-electron chi connectivity index (χ3n) is 4.03. The van der Waals surface area contributed by atoms with E-state index in [-0.39, 0.29) is 11.5 Å². The van der Waals surface area contributed by atoms with Crippen LogP contribution in [0.2, 0.25) is 0 Å². The van der Waals surface area contributed by atoms with Crippen molar-refractivity contribution in [1.29, 1.82) is 0 Å². The van der Waals surface area contributed by atoms with Crippen LogP contribution in [-0.2, 0) is 9.53 Å². The Morgan fingerprint density at radius 3 is 2.71 bits per heavy atom. The summed E-state index contributed by atoms with van der Waals surface area (Å²) in [6.45, 7) is 4.35. The minimum Gasteiger partial charge on any atom is -0.413 e. The number of halogens is 2. The van der Waals surface area contributed by atoms with Gasteiger partial charge in [0.05, 0.1) is 11.6 Å². The minimum atomic E-state index is -3.14. The molecule has 1 N–H and O–H groups in total. The first-order valence-corrected chi connectivity index (χ1v) is 6.71. The summed E-state index contributed by atoms with van der Waals surface area (Å²) in [5, 5.41) is 8.91. The van der Waals surface area contributed by atoms with Crippen molar-refractivity contribution in [3.8, 4) is 0 Å². The van der Waals surface area contributed by atoms with Gasteiger partial charge < -0.3 is 9.84 Å². The fourth-order valence-electron chi connectivity index (χ4n) is 3.41. The highest BCUT2D eigenvalue weighted by Crippen LogP contribution is 2.52. The average molecular weight is 304 g/mol. The summed E-state index contributed by atoms with van der Waals surface area (Å²) in [4.78, 5) is 27.3. The maximum Gasteiger partial charge on any atom is 0.412 e. The molecule has 3 atom stereocenters. The standard InChI is InChI=1S/C13H18F2N2O4/c1-12(2)3-8(16-7-18)4-13(5-12)6-17(13)11(20)21-10(19)9(14)15/h8-10,19H,3-6H2,1-2H3. The Hall–Kier alpha value is -1.53. The monoisotopic (exact) mass is 304 g/mol. The summed E-state index contributed by atoms with van der Waals surface area (Å²) in [6.07, 6.45) is -3.14. The van der Waals surface area contributed by atoms with Crippen molar-refractivity contribution in [2.75, 3.05) is 6.54 Å². The molecule has 1 saturated heterocycles. The van der Waals surface area contributed by atoms with E-state index in [1.54, 1.807) is 0 Å². The summed E-state index contributed by atoms with van der Waals surface area (Å²) >= 11 is 0. The largest absolute Gasteiger partial charge is 0.413 e. The summed E-state index contributed by atoms with van der Waals surface area (Å²) < 4.78 is 28.7. The molecule has 0 radical (unpaired) electrons. The van der Waals surface area contributed by atoms with E-state index in [4.69, 9.17) is 5.11 Å². The molecule has 1 heterocycles. The number of nitrogens with zero attached hydrogens (tertiary/aromatic N) is 2. The number of ether oxygens (including phenoxy) is 1. The number of carbonyl (C=O) groups excluding carboxylic acids is 2. The van der Waals surface area contributed by atoms with E-state index in [0.29, 0.717) is 25.8 Å². The third-order valence-corrected chi connectivity index (χ3v) is 4.03. The summed E-state index contributed by atoms with van der Waals surface area (Å²) in [6, 6.07) is -0.246. The van der Waals surface area contributed by atoms with Gasteiger partial charge in [0.1, 0.15) is 0 Å². The predicted molar refractivity (Wildman–Crippen MR) is 67.5 cm³/mol. The zero-order valence-electron chi connectivity index (χ0n) is 11.9. The van der Waals surface area contributed by atoms with Crippen LogP contribution in [0.25, 0.3) is 0 Å². The van der Waals surface area contributed by atoms with Crippen LogP contribution >= 0.6 is 0 Å². The van der Waals surface area contributed by atoms with Crippen molar-refractivity contribution in [2.45, 2.75) is 57.4 Å². The highest BCUT2D eigenvalue weighted by molar-refractivity contribution is 5.72. The molecule has 6 nitrogen and oxygen atoms in total. The number of aliphatic hydroxyl groups is 1. The van der Waals surface area contributed by atoms with Gasteiger partial charge in [0, 0.05) is 6.54 Å². The van der Waals surface area contributed by atoms with Crippen molar-refractivity contribution in [2.24, 2.45) is 10.4 Å². The zero-order chi connectivity index (χ0) is 15.8. The van der Waals surface area contributed by atoms with Crippen LogP contribution in [0.15, 0.2) is 4.99 Å². The predicted octanol–water partition coefficient (Wildman–Crippen LogP) is 1.68. The maximum absolute atomic E-state index is 12.2. The number of hydrogen-bond acceptors (Lipinski definition) is 5. The topological polar surface area (TPSA) is 79.0 Å². The number of aliphatic imine (C=N–C) groups is 1. The molecular weight excluding hydrogens is 286 g/mol. The van der Waals surface area contributed by atoms with E-state index in [9.17, 15) is 18.4 Å². The normalized spacial score (nSPS) is 31.7. The third kappa shape index (κ3) is 3.39. The maximum atomic E-state index is 12.2. The molecular formula is C13H18F2N2O4. The molecule has 1 aliphatic heterocycles. The van der Waals surface area contributed by atoms with Crippen LogP contribution in [0.5, 0.6) is 0 Å². The number of hydrogen-bond donors (Lipinski definition) is 1. The Morgan fingerprint density at radius 1 is 1.48 bits per heavy atom. The molecule has 0 bridgehead atoms. The van der Waals surface area contributed by atoms with Gasteiger partial charge in [-0.3, -0.25) is 4.90 Å². The summed E-state index contributed by atoms with van der Waals surface area (Å²) in [5.74, 6) is 0. The molecule has 1 amide bonds. The Labute approximate surface area is 120 Å². The van der Waals surface area contributed by atoms with E-state index >= 15 is 0 Å². The van der Waals surface area contributed by atoms with Gasteiger partial charge in [-0.05, 0) is 24.7 Å². The number of amides is 1. The lowest BCUT2D eigenvalue weighted by atomic mass is 9.69. The summed E-state index contributed by atoms with van der Waals surface area (Å²) in [7, 11) is 0. The summed E-state index contributed by atoms with van der Waals surface area (Å²) in [5.41, 5.74) is -0.661. The van der Waals surface area contributed by atoms with E-state index in [0.717, 1.165) is 0 Å². The smallest absolute Gasteiger partial charge is 0.412 e. The first kappa shape index (κ1) is 15.9. The van der Waals surface area contributed by atoms with Crippen molar-refractivity contribution < 1.29 is 28.2 Å². The molecule has 8 heteroatoms. The Morgan fingerprint density at radius 2 is 2.14 bits per heavy atom. The first-order chi connectivity index (χ1) is 9.69. The van der Waals surface area contributed by atoms with Gasteiger partial charge >= 0.3 is 6.09 Å². The molecule has 118 valence electrons. The molecule has 21 heavy (non-hydrogen) atoms. The molecule has 3 unspecified atom stereocenters. The van der Waals surface area contributed by atoms with Crippen LogP contribution in [0.1, 0.15) is 33.1 Å². The number of alkyl halides is 2. The van der Waals surface area contributed by atoms with Gasteiger partial charge in [-0.2, -0.15) is 0 Å². The molecule has 0 aromatic rings. The molecule has 2 fully saturated rings.